The summed E-state index contributed by atoms with van der Waals surface area (Å²) in [5.41, 5.74) is 6.08. The van der Waals surface area contributed by atoms with Gasteiger partial charge >= 0.3 is 6.03 Å². The zero-order valence-electron chi connectivity index (χ0n) is 19.0. The first kappa shape index (κ1) is 22.3. The van der Waals surface area contributed by atoms with Crippen molar-refractivity contribution in [2.75, 3.05) is 5.32 Å². The summed E-state index contributed by atoms with van der Waals surface area (Å²) < 4.78 is 15.4. The molecule has 0 aliphatic heterocycles. The Morgan fingerprint density at radius 3 is 2.36 bits per heavy atom. The molecule has 0 bridgehead atoms. The predicted molar refractivity (Wildman–Crippen MR) is 131 cm³/mol. The van der Waals surface area contributed by atoms with Crippen LogP contribution in [0.1, 0.15) is 27.9 Å². The lowest BCUT2D eigenvalue weighted by atomic mass is 10.1. The van der Waals surface area contributed by atoms with Crippen LogP contribution >= 0.6 is 0 Å². The molecule has 3 aromatic carbocycles. The Kier molecular flexibility index (Phi) is 6.89. The van der Waals surface area contributed by atoms with Crippen LogP contribution in [-0.4, -0.2) is 15.5 Å². The van der Waals surface area contributed by atoms with E-state index in [1.54, 1.807) is 12.1 Å². The van der Waals surface area contributed by atoms with Crippen molar-refractivity contribution in [3.8, 4) is 0 Å². The van der Waals surface area contributed by atoms with E-state index in [2.05, 4.69) is 9.88 Å². The number of hydrogen-bond donors (Lipinski definition) is 1. The Morgan fingerprint density at radius 1 is 0.848 bits per heavy atom. The monoisotopic (exact) mass is 441 g/mol. The molecular weight excluding hydrogens is 413 g/mol. The van der Waals surface area contributed by atoms with E-state index in [0.717, 1.165) is 33.6 Å². The van der Waals surface area contributed by atoms with Gasteiger partial charge < -0.3 is 14.8 Å². The molecule has 5 heteroatoms. The number of carbonyl (C=O) groups excluding carboxylic acids is 1. The first-order valence-corrected chi connectivity index (χ1v) is 11.0. The summed E-state index contributed by atoms with van der Waals surface area (Å²) in [7, 11) is 0. The molecule has 0 unspecified atom stereocenters. The van der Waals surface area contributed by atoms with Gasteiger partial charge in [0.15, 0.2) is 0 Å². The van der Waals surface area contributed by atoms with Gasteiger partial charge in [0.2, 0.25) is 0 Å². The van der Waals surface area contributed by atoms with Crippen molar-refractivity contribution in [2.45, 2.75) is 33.5 Å². The maximum absolute atomic E-state index is 13.4. The van der Waals surface area contributed by atoms with Gasteiger partial charge in [-0.1, -0.05) is 54.6 Å². The Balaban J connectivity index is 1.56. The summed E-state index contributed by atoms with van der Waals surface area (Å²) in [6.45, 7) is 5.59. The van der Waals surface area contributed by atoms with Crippen molar-refractivity contribution in [2.24, 2.45) is 0 Å². The summed E-state index contributed by atoms with van der Waals surface area (Å²) in [6, 6.07) is 26.2. The standard InChI is InChI=1S/C28H28FN3O/c1-21-8-6-12-27(22(21)2)30-28(33)32(19-23-9-4-3-5-10-23)20-26-11-7-17-31(26)18-24-13-15-25(29)16-14-24/h3-17H,18-20H2,1-2H3,(H,30,33). The van der Waals surface area contributed by atoms with E-state index >= 15 is 0 Å². The predicted octanol–water partition coefficient (Wildman–Crippen LogP) is 6.53. The number of aromatic nitrogens is 1. The molecule has 4 nitrogen and oxygen atoms in total. The molecule has 0 saturated carbocycles. The second kappa shape index (κ2) is 10.2. The van der Waals surface area contributed by atoms with Gasteiger partial charge in [-0.05, 0) is 66.4 Å². The number of nitrogens with one attached hydrogen (secondary N) is 1. The molecule has 1 aromatic heterocycles. The summed E-state index contributed by atoms with van der Waals surface area (Å²) in [4.78, 5) is 15.2. The quantitative estimate of drug-likeness (QED) is 0.348. The molecule has 0 fully saturated rings. The van der Waals surface area contributed by atoms with Crippen LogP contribution in [0.4, 0.5) is 14.9 Å². The lowest BCUT2D eigenvalue weighted by Gasteiger charge is -2.25. The normalized spacial score (nSPS) is 10.8. The van der Waals surface area contributed by atoms with Gasteiger partial charge in [-0.3, -0.25) is 0 Å². The van der Waals surface area contributed by atoms with Crippen molar-refractivity contribution in [3.63, 3.8) is 0 Å². The zero-order valence-corrected chi connectivity index (χ0v) is 19.0. The number of halogens is 1. The highest BCUT2D eigenvalue weighted by Gasteiger charge is 2.18. The highest BCUT2D eigenvalue weighted by Crippen LogP contribution is 2.20. The number of urea groups is 1. The van der Waals surface area contributed by atoms with Crippen molar-refractivity contribution >= 4 is 11.7 Å². The summed E-state index contributed by atoms with van der Waals surface area (Å²) in [6.07, 6.45) is 1.99. The highest BCUT2D eigenvalue weighted by atomic mass is 19.1. The van der Waals surface area contributed by atoms with Gasteiger partial charge in [0, 0.05) is 30.7 Å². The van der Waals surface area contributed by atoms with Crippen molar-refractivity contribution < 1.29 is 9.18 Å². The van der Waals surface area contributed by atoms with Crippen LogP contribution in [0.25, 0.3) is 0 Å². The Labute approximate surface area is 194 Å². The van der Waals surface area contributed by atoms with Gasteiger partial charge in [-0.2, -0.15) is 0 Å². The van der Waals surface area contributed by atoms with Gasteiger partial charge in [0.05, 0.1) is 6.54 Å². The molecular formula is C28H28FN3O. The summed E-state index contributed by atoms with van der Waals surface area (Å²) in [5, 5.41) is 3.10. The molecule has 4 aromatic rings. The lowest BCUT2D eigenvalue weighted by Crippen LogP contribution is -2.35. The molecule has 0 atom stereocenters. The minimum Gasteiger partial charge on any atom is -0.345 e. The third-order valence-electron chi connectivity index (χ3n) is 5.89. The Morgan fingerprint density at radius 2 is 1.61 bits per heavy atom. The molecule has 0 spiro atoms. The van der Waals surface area contributed by atoms with E-state index in [1.807, 2.05) is 85.6 Å². The number of aryl methyl sites for hydroxylation is 1. The van der Waals surface area contributed by atoms with Crippen molar-refractivity contribution in [1.29, 1.82) is 0 Å². The van der Waals surface area contributed by atoms with E-state index in [9.17, 15) is 9.18 Å². The largest absolute Gasteiger partial charge is 0.345 e. The summed E-state index contributed by atoms with van der Waals surface area (Å²) in [5.74, 6) is -0.247. The fourth-order valence-electron chi connectivity index (χ4n) is 3.81. The van der Waals surface area contributed by atoms with Gasteiger partial charge in [0.1, 0.15) is 5.82 Å². The molecule has 33 heavy (non-hydrogen) atoms. The molecule has 2 amide bonds. The third kappa shape index (κ3) is 5.69. The number of benzene rings is 3. The third-order valence-corrected chi connectivity index (χ3v) is 5.89. The van der Waals surface area contributed by atoms with Gasteiger partial charge in [0.25, 0.3) is 0 Å². The molecule has 0 aliphatic carbocycles. The minimum absolute atomic E-state index is 0.151. The molecule has 0 aliphatic rings. The first-order valence-electron chi connectivity index (χ1n) is 11.0. The molecule has 0 radical (unpaired) electrons. The second-order valence-corrected chi connectivity index (χ2v) is 8.27. The van der Waals surface area contributed by atoms with Gasteiger partial charge in [-0.15, -0.1) is 0 Å². The van der Waals surface area contributed by atoms with Crippen LogP contribution in [0.3, 0.4) is 0 Å². The topological polar surface area (TPSA) is 37.3 Å². The fourth-order valence-corrected chi connectivity index (χ4v) is 3.81. The zero-order chi connectivity index (χ0) is 23.2. The van der Waals surface area contributed by atoms with Crippen LogP contribution in [0.15, 0.2) is 91.1 Å². The van der Waals surface area contributed by atoms with E-state index in [1.165, 1.54) is 12.1 Å². The second-order valence-electron chi connectivity index (χ2n) is 8.27. The van der Waals surface area contributed by atoms with E-state index in [4.69, 9.17) is 0 Å². The Bertz CT molecular complexity index is 1220. The van der Waals surface area contributed by atoms with E-state index in [-0.39, 0.29) is 11.8 Å². The number of carbonyl (C=O) groups is 1. The molecule has 4 rings (SSSR count). The number of rotatable bonds is 7. The number of hydrogen-bond acceptors (Lipinski definition) is 1. The van der Waals surface area contributed by atoms with Crippen LogP contribution in [-0.2, 0) is 19.6 Å². The Hall–Kier alpha value is -3.86. The molecule has 168 valence electrons. The molecule has 1 heterocycles. The SMILES string of the molecule is Cc1cccc(NC(=O)N(Cc2ccccc2)Cc2cccn2Cc2ccc(F)cc2)c1C. The highest BCUT2D eigenvalue weighted by molar-refractivity contribution is 5.90. The van der Waals surface area contributed by atoms with Crippen LogP contribution in [0, 0.1) is 19.7 Å². The van der Waals surface area contributed by atoms with Crippen LogP contribution in [0.5, 0.6) is 0 Å². The smallest absolute Gasteiger partial charge is 0.322 e. The van der Waals surface area contributed by atoms with E-state index in [0.29, 0.717) is 19.6 Å². The first-order chi connectivity index (χ1) is 16.0. The van der Waals surface area contributed by atoms with Gasteiger partial charge in [-0.25, -0.2) is 9.18 Å². The number of anilines is 1. The van der Waals surface area contributed by atoms with E-state index < -0.39 is 0 Å². The lowest BCUT2D eigenvalue weighted by molar-refractivity contribution is 0.205. The average Bonchev–Trinajstić information content (AvgIpc) is 3.25. The van der Waals surface area contributed by atoms with Crippen LogP contribution in [0.2, 0.25) is 0 Å². The van der Waals surface area contributed by atoms with Crippen molar-refractivity contribution in [1.82, 2.24) is 9.47 Å². The molecule has 1 N–H and O–H groups in total. The maximum Gasteiger partial charge on any atom is 0.322 e. The fraction of sp³-hybridized carbons (Fsp3) is 0.179. The number of amides is 2. The summed E-state index contributed by atoms with van der Waals surface area (Å²) >= 11 is 0. The number of nitrogens with zero attached hydrogens (tertiary/aromatic N) is 2. The minimum atomic E-state index is -0.247. The van der Waals surface area contributed by atoms with Crippen LogP contribution < -0.4 is 5.32 Å². The average molecular weight is 442 g/mol. The molecule has 0 saturated heterocycles. The van der Waals surface area contributed by atoms with Crippen molar-refractivity contribution in [3.05, 3.63) is 125 Å². The maximum atomic E-state index is 13.4.